The van der Waals surface area contributed by atoms with Crippen molar-refractivity contribution in [3.05, 3.63) is 70.8 Å². The van der Waals surface area contributed by atoms with E-state index in [4.69, 9.17) is 5.41 Å². The van der Waals surface area contributed by atoms with Crippen molar-refractivity contribution in [2.75, 3.05) is 0 Å². The number of hydrogen-bond acceptors (Lipinski definition) is 3. The van der Waals surface area contributed by atoms with E-state index in [9.17, 15) is 9.59 Å². The van der Waals surface area contributed by atoms with Crippen molar-refractivity contribution in [3.63, 3.8) is 0 Å². The highest BCUT2D eigenvalue weighted by Gasteiger charge is 2.36. The zero-order valence-corrected chi connectivity index (χ0v) is 18.4. The van der Waals surface area contributed by atoms with Crippen LogP contribution in [0.15, 0.2) is 48.5 Å². The number of nitrogens with one attached hydrogen (secondary N) is 3. The molecule has 2 aromatic carbocycles. The monoisotopic (exact) mass is 418 g/mol. The fraction of sp³-hybridized carbons (Fsp3) is 0.400. The Balaban J connectivity index is 1.47. The predicted octanol–water partition coefficient (Wildman–Crippen LogP) is 3.78. The van der Waals surface area contributed by atoms with E-state index in [0.29, 0.717) is 17.9 Å². The lowest BCUT2D eigenvalue weighted by Crippen LogP contribution is -2.60. The summed E-state index contributed by atoms with van der Waals surface area (Å²) in [5.74, 6) is 0.272. The molecule has 3 atom stereocenters. The van der Waals surface area contributed by atoms with Crippen LogP contribution in [-0.2, 0) is 17.8 Å². The summed E-state index contributed by atoms with van der Waals surface area (Å²) in [6.07, 6.45) is 2.09. The van der Waals surface area contributed by atoms with Gasteiger partial charge in [-0.2, -0.15) is 0 Å². The van der Waals surface area contributed by atoms with Gasteiger partial charge >= 0.3 is 0 Å². The van der Waals surface area contributed by atoms with Crippen molar-refractivity contribution in [1.82, 2.24) is 15.5 Å². The van der Waals surface area contributed by atoms with E-state index in [2.05, 4.69) is 29.7 Å². The zero-order valence-electron chi connectivity index (χ0n) is 18.4. The lowest BCUT2D eigenvalue weighted by molar-refractivity contribution is -0.130. The maximum Gasteiger partial charge on any atom is 0.251 e. The van der Waals surface area contributed by atoms with Crippen LogP contribution in [0.25, 0.3) is 0 Å². The maximum absolute atomic E-state index is 13.0. The SMILES string of the molecule is CCC1(C)CC(=O)N(Cc2cccc(C(=O)N[C@@H]3c4ccccc4C[C@@H]3C)c2)C(=N)N1. The number of rotatable bonds is 5. The van der Waals surface area contributed by atoms with Crippen molar-refractivity contribution >= 4 is 17.8 Å². The van der Waals surface area contributed by atoms with Crippen LogP contribution in [0.2, 0.25) is 0 Å². The first-order valence-corrected chi connectivity index (χ1v) is 10.9. The Morgan fingerprint density at radius 1 is 1.26 bits per heavy atom. The minimum atomic E-state index is -0.374. The number of carbonyl (C=O) groups excluding carboxylic acids is 2. The zero-order chi connectivity index (χ0) is 22.2. The summed E-state index contributed by atoms with van der Waals surface area (Å²) < 4.78 is 0. The summed E-state index contributed by atoms with van der Waals surface area (Å²) in [5, 5.41) is 14.6. The second-order valence-corrected chi connectivity index (χ2v) is 9.08. The first kappa shape index (κ1) is 21.1. The van der Waals surface area contributed by atoms with Crippen LogP contribution in [0.1, 0.15) is 66.7 Å². The Morgan fingerprint density at radius 2 is 2.03 bits per heavy atom. The summed E-state index contributed by atoms with van der Waals surface area (Å²) in [6, 6.07) is 15.6. The van der Waals surface area contributed by atoms with Gasteiger partial charge < -0.3 is 10.6 Å². The average Bonchev–Trinajstić information content (AvgIpc) is 3.06. The smallest absolute Gasteiger partial charge is 0.251 e. The lowest BCUT2D eigenvalue weighted by atomic mass is 9.92. The van der Waals surface area contributed by atoms with Gasteiger partial charge in [0.2, 0.25) is 5.91 Å². The fourth-order valence-corrected chi connectivity index (χ4v) is 4.56. The summed E-state index contributed by atoms with van der Waals surface area (Å²) >= 11 is 0. The molecule has 2 amide bonds. The van der Waals surface area contributed by atoms with Gasteiger partial charge in [0.15, 0.2) is 5.96 Å². The molecular formula is C25H30N4O2. The van der Waals surface area contributed by atoms with E-state index in [0.717, 1.165) is 18.4 Å². The van der Waals surface area contributed by atoms with Crippen molar-refractivity contribution in [1.29, 1.82) is 5.41 Å². The molecule has 3 N–H and O–H groups in total. The molecule has 1 aliphatic heterocycles. The Hall–Kier alpha value is -3.15. The van der Waals surface area contributed by atoms with Crippen molar-refractivity contribution in [2.45, 2.75) is 58.2 Å². The van der Waals surface area contributed by atoms with Crippen molar-refractivity contribution in [3.8, 4) is 0 Å². The fourth-order valence-electron chi connectivity index (χ4n) is 4.56. The van der Waals surface area contributed by atoms with Gasteiger partial charge in [-0.05, 0) is 54.5 Å². The van der Waals surface area contributed by atoms with E-state index in [1.165, 1.54) is 16.0 Å². The van der Waals surface area contributed by atoms with E-state index in [1.54, 1.807) is 6.07 Å². The molecule has 1 unspecified atom stereocenters. The highest BCUT2D eigenvalue weighted by atomic mass is 16.2. The molecule has 6 heteroatoms. The largest absolute Gasteiger partial charge is 0.350 e. The maximum atomic E-state index is 13.0. The van der Waals surface area contributed by atoms with Crippen LogP contribution in [-0.4, -0.2) is 28.2 Å². The third-order valence-corrected chi connectivity index (χ3v) is 6.63. The molecule has 162 valence electrons. The van der Waals surface area contributed by atoms with Gasteiger partial charge in [0, 0.05) is 11.1 Å². The second kappa shape index (κ2) is 8.17. The molecule has 2 aliphatic rings. The van der Waals surface area contributed by atoms with Gasteiger partial charge in [-0.25, -0.2) is 0 Å². The Morgan fingerprint density at radius 3 is 2.77 bits per heavy atom. The van der Waals surface area contributed by atoms with E-state index < -0.39 is 0 Å². The van der Waals surface area contributed by atoms with E-state index in [1.807, 2.05) is 44.2 Å². The standard InChI is InChI=1S/C25H30N4O2/c1-4-25(3)14-21(30)29(24(26)28-25)15-17-8-7-10-19(13-17)23(31)27-22-16(2)12-18-9-5-6-11-20(18)22/h5-11,13,16,22H,4,12,14-15H2,1-3H3,(H2,26,28)(H,27,31)/t16-,22-,25?/m0/s1. The first-order valence-electron chi connectivity index (χ1n) is 10.9. The van der Waals surface area contributed by atoms with Crippen molar-refractivity contribution in [2.24, 2.45) is 5.92 Å². The van der Waals surface area contributed by atoms with Crippen LogP contribution < -0.4 is 10.6 Å². The predicted molar refractivity (Wildman–Crippen MR) is 121 cm³/mol. The van der Waals surface area contributed by atoms with Crippen LogP contribution in [0.4, 0.5) is 0 Å². The number of hydrogen-bond donors (Lipinski definition) is 3. The molecule has 0 saturated carbocycles. The number of fused-ring (bicyclic) bond motifs is 1. The molecular weight excluding hydrogens is 388 g/mol. The van der Waals surface area contributed by atoms with Crippen LogP contribution in [0, 0.1) is 11.3 Å². The van der Waals surface area contributed by atoms with Crippen molar-refractivity contribution < 1.29 is 9.59 Å². The molecule has 1 heterocycles. The van der Waals surface area contributed by atoms with Gasteiger partial charge in [0.1, 0.15) is 0 Å². The highest BCUT2D eigenvalue weighted by molar-refractivity contribution is 5.99. The summed E-state index contributed by atoms with van der Waals surface area (Å²) in [4.78, 5) is 27.1. The Kier molecular flexibility index (Phi) is 5.56. The molecule has 0 spiro atoms. The van der Waals surface area contributed by atoms with E-state index in [-0.39, 0.29) is 35.9 Å². The van der Waals surface area contributed by atoms with Gasteiger partial charge in [0.25, 0.3) is 5.91 Å². The topological polar surface area (TPSA) is 85.3 Å². The number of benzene rings is 2. The van der Waals surface area contributed by atoms with Gasteiger partial charge in [-0.3, -0.25) is 19.9 Å². The quantitative estimate of drug-likeness (QED) is 0.691. The summed E-state index contributed by atoms with van der Waals surface area (Å²) in [6.45, 7) is 6.40. The molecule has 1 aliphatic carbocycles. The van der Waals surface area contributed by atoms with Gasteiger partial charge in [-0.1, -0.05) is 50.2 Å². The highest BCUT2D eigenvalue weighted by Crippen LogP contribution is 2.35. The number of nitrogens with zero attached hydrogens (tertiary/aromatic N) is 1. The number of carbonyl (C=O) groups is 2. The molecule has 1 saturated heterocycles. The minimum Gasteiger partial charge on any atom is -0.350 e. The Labute approximate surface area is 183 Å². The Bertz CT molecular complexity index is 1010. The third kappa shape index (κ3) is 4.20. The lowest BCUT2D eigenvalue weighted by Gasteiger charge is -2.40. The minimum absolute atomic E-state index is 0.000118. The molecule has 0 radical (unpaired) electrons. The van der Waals surface area contributed by atoms with Crippen LogP contribution in [0.3, 0.4) is 0 Å². The first-order chi connectivity index (χ1) is 14.8. The second-order valence-electron chi connectivity index (χ2n) is 9.08. The third-order valence-electron chi connectivity index (χ3n) is 6.63. The molecule has 0 bridgehead atoms. The van der Waals surface area contributed by atoms with E-state index >= 15 is 0 Å². The molecule has 31 heavy (non-hydrogen) atoms. The average molecular weight is 419 g/mol. The van der Waals surface area contributed by atoms with Crippen LogP contribution in [0.5, 0.6) is 0 Å². The summed E-state index contributed by atoms with van der Waals surface area (Å²) in [7, 11) is 0. The number of amides is 2. The summed E-state index contributed by atoms with van der Waals surface area (Å²) in [5.41, 5.74) is 3.50. The normalized spacial score (nSPS) is 25.2. The molecule has 0 aromatic heterocycles. The molecule has 2 aromatic rings. The molecule has 6 nitrogen and oxygen atoms in total. The molecule has 1 fully saturated rings. The molecule has 4 rings (SSSR count). The van der Waals surface area contributed by atoms with Gasteiger partial charge in [0.05, 0.1) is 19.0 Å². The number of guanidine groups is 1. The van der Waals surface area contributed by atoms with Gasteiger partial charge in [-0.15, -0.1) is 0 Å². The van der Waals surface area contributed by atoms with Crippen LogP contribution >= 0.6 is 0 Å².